The van der Waals surface area contributed by atoms with Gasteiger partial charge in [0.1, 0.15) is 5.82 Å². The van der Waals surface area contributed by atoms with Crippen LogP contribution in [0.3, 0.4) is 0 Å². The first-order valence-corrected chi connectivity index (χ1v) is 7.75. The van der Waals surface area contributed by atoms with Gasteiger partial charge in [-0.1, -0.05) is 29.8 Å². The van der Waals surface area contributed by atoms with E-state index < -0.39 is 6.04 Å². The molecule has 0 aromatic heterocycles. The standard InChI is InChI=1S/C16H14BrClFN/c17-13-8-15(19)12(7-14(13)18)16(20)11-5-4-9-2-1-3-10(9)6-11/h4-8,16H,1-3,20H2. The lowest BCUT2D eigenvalue weighted by atomic mass is 9.96. The summed E-state index contributed by atoms with van der Waals surface area (Å²) in [5.41, 5.74) is 10.3. The van der Waals surface area contributed by atoms with Gasteiger partial charge < -0.3 is 5.73 Å². The summed E-state index contributed by atoms with van der Waals surface area (Å²) in [5, 5.41) is 0.470. The van der Waals surface area contributed by atoms with Crippen molar-refractivity contribution in [2.24, 2.45) is 5.73 Å². The van der Waals surface area contributed by atoms with Crippen molar-refractivity contribution in [3.05, 3.63) is 67.9 Å². The fourth-order valence-electron chi connectivity index (χ4n) is 2.74. The molecule has 0 fully saturated rings. The first-order chi connectivity index (χ1) is 9.56. The molecule has 1 unspecified atom stereocenters. The van der Waals surface area contributed by atoms with Crippen LogP contribution in [-0.4, -0.2) is 0 Å². The highest BCUT2D eigenvalue weighted by atomic mass is 79.9. The van der Waals surface area contributed by atoms with Gasteiger partial charge in [0, 0.05) is 10.0 Å². The van der Waals surface area contributed by atoms with E-state index in [1.807, 2.05) is 6.07 Å². The summed E-state index contributed by atoms with van der Waals surface area (Å²) < 4.78 is 14.6. The maximum absolute atomic E-state index is 14.1. The third kappa shape index (κ3) is 2.50. The molecule has 20 heavy (non-hydrogen) atoms. The van der Waals surface area contributed by atoms with Crippen LogP contribution in [0.5, 0.6) is 0 Å². The van der Waals surface area contributed by atoms with Crippen LogP contribution in [-0.2, 0) is 12.8 Å². The highest BCUT2D eigenvalue weighted by Crippen LogP contribution is 2.32. The average molecular weight is 355 g/mol. The average Bonchev–Trinajstić information content (AvgIpc) is 2.89. The third-order valence-corrected chi connectivity index (χ3v) is 5.05. The molecule has 0 amide bonds. The number of aryl methyl sites for hydroxylation is 2. The summed E-state index contributed by atoms with van der Waals surface area (Å²) in [5.74, 6) is -0.339. The lowest BCUT2D eigenvalue weighted by Crippen LogP contribution is -2.14. The Morgan fingerprint density at radius 3 is 2.70 bits per heavy atom. The molecule has 1 nitrogen and oxygen atoms in total. The molecule has 0 heterocycles. The van der Waals surface area contributed by atoms with Crippen LogP contribution in [0, 0.1) is 5.82 Å². The van der Waals surface area contributed by atoms with Crippen molar-refractivity contribution in [3.63, 3.8) is 0 Å². The molecule has 2 aromatic carbocycles. The Kier molecular flexibility index (Phi) is 3.85. The van der Waals surface area contributed by atoms with Crippen molar-refractivity contribution in [1.29, 1.82) is 0 Å². The predicted molar refractivity (Wildman–Crippen MR) is 83.6 cm³/mol. The van der Waals surface area contributed by atoms with Crippen LogP contribution in [0.15, 0.2) is 34.8 Å². The van der Waals surface area contributed by atoms with Crippen LogP contribution in [0.4, 0.5) is 4.39 Å². The molecule has 104 valence electrons. The third-order valence-electron chi connectivity index (χ3n) is 3.86. The van der Waals surface area contributed by atoms with Gasteiger partial charge in [-0.2, -0.15) is 0 Å². The lowest BCUT2D eigenvalue weighted by Gasteiger charge is -2.16. The van der Waals surface area contributed by atoms with E-state index in [9.17, 15) is 4.39 Å². The van der Waals surface area contributed by atoms with Crippen molar-refractivity contribution in [2.45, 2.75) is 25.3 Å². The molecule has 0 spiro atoms. The second-order valence-corrected chi connectivity index (χ2v) is 6.41. The lowest BCUT2D eigenvalue weighted by molar-refractivity contribution is 0.599. The van der Waals surface area contributed by atoms with Crippen molar-refractivity contribution >= 4 is 27.5 Å². The number of nitrogens with two attached hydrogens (primary N) is 1. The zero-order valence-electron chi connectivity index (χ0n) is 10.8. The van der Waals surface area contributed by atoms with Crippen LogP contribution >= 0.6 is 27.5 Å². The Balaban J connectivity index is 2.00. The van der Waals surface area contributed by atoms with Crippen molar-refractivity contribution in [2.75, 3.05) is 0 Å². The molecule has 3 rings (SSSR count). The number of halogens is 3. The molecule has 2 N–H and O–H groups in total. The molecular weight excluding hydrogens is 341 g/mol. The van der Waals surface area contributed by atoms with Gasteiger partial charge in [0.25, 0.3) is 0 Å². The Hall–Kier alpha value is -0.900. The van der Waals surface area contributed by atoms with E-state index in [1.54, 1.807) is 6.07 Å². The van der Waals surface area contributed by atoms with E-state index in [4.69, 9.17) is 17.3 Å². The number of fused-ring (bicyclic) bond motifs is 1. The molecule has 0 saturated heterocycles. The fraction of sp³-hybridized carbons (Fsp3) is 0.250. The molecule has 0 aliphatic heterocycles. The molecule has 4 heteroatoms. The normalized spacial score (nSPS) is 15.2. The van der Waals surface area contributed by atoms with Crippen molar-refractivity contribution in [1.82, 2.24) is 0 Å². The maximum atomic E-state index is 14.1. The highest BCUT2D eigenvalue weighted by Gasteiger charge is 2.18. The topological polar surface area (TPSA) is 26.0 Å². The summed E-state index contributed by atoms with van der Waals surface area (Å²) in [4.78, 5) is 0. The van der Waals surface area contributed by atoms with Gasteiger partial charge in [0.2, 0.25) is 0 Å². The van der Waals surface area contributed by atoms with Gasteiger partial charge in [-0.25, -0.2) is 4.39 Å². The van der Waals surface area contributed by atoms with Crippen LogP contribution < -0.4 is 5.73 Å². The summed E-state index contributed by atoms with van der Waals surface area (Å²) in [6, 6.07) is 8.66. The van der Waals surface area contributed by atoms with E-state index in [0.29, 0.717) is 15.1 Å². The highest BCUT2D eigenvalue weighted by molar-refractivity contribution is 9.10. The molecule has 0 bridgehead atoms. The van der Waals surface area contributed by atoms with Gasteiger partial charge in [-0.15, -0.1) is 0 Å². The molecular formula is C16H14BrClFN. The summed E-state index contributed by atoms with van der Waals surface area (Å²) in [6.07, 6.45) is 3.40. The zero-order valence-corrected chi connectivity index (χ0v) is 13.1. The Labute approximate surface area is 131 Å². The van der Waals surface area contributed by atoms with Gasteiger partial charge in [0.05, 0.1) is 11.1 Å². The molecule has 2 aromatic rings. The smallest absolute Gasteiger partial charge is 0.129 e. The number of hydrogen-bond acceptors (Lipinski definition) is 1. The zero-order chi connectivity index (χ0) is 14.3. The number of rotatable bonds is 2. The van der Waals surface area contributed by atoms with Crippen molar-refractivity contribution in [3.8, 4) is 0 Å². The minimum atomic E-state index is -0.494. The molecule has 1 aliphatic rings. The Morgan fingerprint density at radius 1 is 1.15 bits per heavy atom. The van der Waals surface area contributed by atoms with Gasteiger partial charge in [-0.3, -0.25) is 0 Å². The number of hydrogen-bond donors (Lipinski definition) is 1. The van der Waals surface area contributed by atoms with Gasteiger partial charge in [-0.05, 0) is 64.0 Å². The maximum Gasteiger partial charge on any atom is 0.129 e. The molecule has 0 radical (unpaired) electrons. The summed E-state index contributed by atoms with van der Waals surface area (Å²) in [6.45, 7) is 0. The van der Waals surface area contributed by atoms with E-state index >= 15 is 0 Å². The summed E-state index contributed by atoms with van der Waals surface area (Å²) >= 11 is 9.26. The molecule has 0 saturated carbocycles. The second-order valence-electron chi connectivity index (χ2n) is 5.15. The first kappa shape index (κ1) is 14.1. The van der Waals surface area contributed by atoms with Crippen LogP contribution in [0.2, 0.25) is 5.02 Å². The van der Waals surface area contributed by atoms with Gasteiger partial charge in [0.15, 0.2) is 0 Å². The van der Waals surface area contributed by atoms with Gasteiger partial charge >= 0.3 is 0 Å². The van der Waals surface area contributed by atoms with Crippen LogP contribution in [0.1, 0.15) is 34.7 Å². The van der Waals surface area contributed by atoms with E-state index in [-0.39, 0.29) is 5.82 Å². The molecule has 1 atom stereocenters. The Morgan fingerprint density at radius 2 is 1.90 bits per heavy atom. The summed E-state index contributed by atoms with van der Waals surface area (Å²) in [7, 11) is 0. The van der Waals surface area contributed by atoms with E-state index in [2.05, 4.69) is 28.1 Å². The second kappa shape index (κ2) is 5.47. The predicted octanol–water partition coefficient (Wildman–Crippen LogP) is 4.78. The van der Waals surface area contributed by atoms with Crippen LogP contribution in [0.25, 0.3) is 0 Å². The fourth-order valence-corrected chi connectivity index (χ4v) is 3.23. The largest absolute Gasteiger partial charge is 0.320 e. The van der Waals surface area contributed by atoms with E-state index in [1.165, 1.54) is 23.6 Å². The first-order valence-electron chi connectivity index (χ1n) is 6.58. The molecule has 1 aliphatic carbocycles. The SMILES string of the molecule is NC(c1ccc2c(c1)CCC2)c1cc(Cl)c(Br)cc1F. The van der Waals surface area contributed by atoms with Crippen molar-refractivity contribution < 1.29 is 4.39 Å². The number of benzene rings is 2. The minimum absolute atomic E-state index is 0.339. The minimum Gasteiger partial charge on any atom is -0.320 e. The monoisotopic (exact) mass is 353 g/mol. The quantitative estimate of drug-likeness (QED) is 0.772. The van der Waals surface area contributed by atoms with E-state index in [0.717, 1.165) is 18.4 Å². The Bertz CT molecular complexity index is 672.